The Morgan fingerprint density at radius 2 is 1.96 bits per heavy atom. The van der Waals surface area contributed by atoms with Crippen LogP contribution in [0.1, 0.15) is 38.1 Å². The molecule has 2 saturated heterocycles. The van der Waals surface area contributed by atoms with E-state index in [1.165, 1.54) is 0 Å². The van der Waals surface area contributed by atoms with Crippen LogP contribution in [-0.2, 0) is 21.4 Å². The topological polar surface area (TPSA) is 87.5 Å². The van der Waals surface area contributed by atoms with Crippen LogP contribution >= 0.6 is 12.4 Å². The molecule has 1 unspecified atom stereocenters. The first-order valence-corrected chi connectivity index (χ1v) is 11.2. The summed E-state index contributed by atoms with van der Waals surface area (Å²) in [7, 11) is -3.63. The van der Waals surface area contributed by atoms with Gasteiger partial charge in [-0.15, -0.1) is 12.4 Å². The first kappa shape index (κ1) is 23.1. The number of aromatic nitrogens is 2. The average Bonchev–Trinajstić information content (AvgIpc) is 2.89. The van der Waals surface area contributed by atoms with E-state index in [1.807, 2.05) is 11.8 Å². The highest BCUT2D eigenvalue weighted by atomic mass is 35.5. The van der Waals surface area contributed by atoms with Gasteiger partial charge >= 0.3 is 0 Å². The van der Waals surface area contributed by atoms with Gasteiger partial charge in [0.2, 0.25) is 15.9 Å². The van der Waals surface area contributed by atoms with Gasteiger partial charge in [-0.2, -0.15) is 9.40 Å². The number of sulfonamides is 1. The minimum Gasteiger partial charge on any atom is -0.336 e. The number of nitrogens with zero attached hydrogens (tertiary/aromatic N) is 4. The number of piperazine rings is 1. The molecule has 3 heterocycles. The van der Waals surface area contributed by atoms with Gasteiger partial charge in [0, 0.05) is 38.8 Å². The van der Waals surface area contributed by atoms with Crippen molar-refractivity contribution in [3.63, 3.8) is 0 Å². The van der Waals surface area contributed by atoms with Gasteiger partial charge in [-0.1, -0.05) is 13.8 Å². The van der Waals surface area contributed by atoms with Crippen molar-refractivity contribution in [2.24, 2.45) is 5.92 Å². The third-order valence-electron chi connectivity index (χ3n) is 5.38. The second-order valence-electron chi connectivity index (χ2n) is 8.00. The maximum atomic E-state index is 13.4. The molecule has 0 bridgehead atoms. The fourth-order valence-electron chi connectivity index (χ4n) is 4.11. The highest BCUT2D eigenvalue weighted by Crippen LogP contribution is 2.28. The molecule has 1 amide bonds. The second kappa shape index (κ2) is 9.11. The Morgan fingerprint density at radius 1 is 1.25 bits per heavy atom. The number of halogens is 1. The molecule has 1 aromatic rings. The van der Waals surface area contributed by atoms with Crippen LogP contribution in [-0.4, -0.2) is 72.1 Å². The van der Waals surface area contributed by atoms with E-state index >= 15 is 0 Å². The quantitative estimate of drug-likeness (QED) is 0.752. The number of carbonyl (C=O) groups excluding carboxylic acids is 1. The fourth-order valence-corrected chi connectivity index (χ4v) is 6.00. The maximum Gasteiger partial charge on any atom is 0.246 e. The third kappa shape index (κ3) is 4.53. The molecule has 10 heteroatoms. The predicted molar refractivity (Wildman–Crippen MR) is 110 cm³/mol. The van der Waals surface area contributed by atoms with Crippen molar-refractivity contribution < 1.29 is 13.2 Å². The number of aryl methyl sites for hydroxylation is 1. The second-order valence-corrected chi connectivity index (χ2v) is 9.87. The Bertz CT molecular complexity index is 808. The van der Waals surface area contributed by atoms with Gasteiger partial charge in [0.25, 0.3) is 0 Å². The summed E-state index contributed by atoms with van der Waals surface area (Å²) in [5.41, 5.74) is 1.25. The molecule has 3 rings (SSSR count). The van der Waals surface area contributed by atoms with Gasteiger partial charge < -0.3 is 10.2 Å². The highest BCUT2D eigenvalue weighted by molar-refractivity contribution is 7.89. The van der Waals surface area contributed by atoms with Crippen molar-refractivity contribution in [1.29, 1.82) is 0 Å². The molecule has 0 aliphatic carbocycles. The van der Waals surface area contributed by atoms with E-state index in [4.69, 9.17) is 0 Å². The molecule has 2 fully saturated rings. The minimum atomic E-state index is -3.63. The van der Waals surface area contributed by atoms with Crippen molar-refractivity contribution in [3.8, 4) is 0 Å². The van der Waals surface area contributed by atoms with Crippen LogP contribution in [0.5, 0.6) is 0 Å². The Morgan fingerprint density at radius 3 is 2.61 bits per heavy atom. The number of amides is 1. The van der Waals surface area contributed by atoms with Crippen LogP contribution in [0.15, 0.2) is 4.90 Å². The van der Waals surface area contributed by atoms with Crippen LogP contribution in [0.2, 0.25) is 0 Å². The summed E-state index contributed by atoms with van der Waals surface area (Å²) in [5, 5.41) is 7.54. The van der Waals surface area contributed by atoms with E-state index in [0.29, 0.717) is 54.9 Å². The van der Waals surface area contributed by atoms with Gasteiger partial charge in [0.1, 0.15) is 4.90 Å². The van der Waals surface area contributed by atoms with Crippen LogP contribution in [0.25, 0.3) is 0 Å². The SMILES string of the molecule is Cc1nn(CC(C)C)c(C)c1S(=O)(=O)N1CCCC(N2CCNCC2=O)C1.Cl. The van der Waals surface area contributed by atoms with Gasteiger partial charge in [0.15, 0.2) is 0 Å². The minimum absolute atomic E-state index is 0. The first-order chi connectivity index (χ1) is 12.7. The Balaban J connectivity index is 0.00000280. The lowest BCUT2D eigenvalue weighted by Crippen LogP contribution is -2.57. The van der Waals surface area contributed by atoms with Crippen molar-refractivity contribution >= 4 is 28.3 Å². The molecule has 1 N–H and O–H groups in total. The summed E-state index contributed by atoms with van der Waals surface area (Å²) in [4.78, 5) is 14.4. The molecule has 8 nitrogen and oxygen atoms in total. The molecule has 28 heavy (non-hydrogen) atoms. The lowest BCUT2D eigenvalue weighted by Gasteiger charge is -2.40. The summed E-state index contributed by atoms with van der Waals surface area (Å²) < 4.78 is 30.1. The van der Waals surface area contributed by atoms with Gasteiger partial charge in [-0.3, -0.25) is 9.48 Å². The number of hydrogen-bond acceptors (Lipinski definition) is 5. The summed E-state index contributed by atoms with van der Waals surface area (Å²) in [6.45, 7) is 11.1. The molecule has 0 spiro atoms. The molecule has 2 aliphatic rings. The average molecular weight is 434 g/mol. The Labute approximate surface area is 174 Å². The highest BCUT2D eigenvalue weighted by Gasteiger charge is 2.37. The smallest absolute Gasteiger partial charge is 0.246 e. The van der Waals surface area contributed by atoms with Gasteiger partial charge in [0.05, 0.1) is 17.9 Å². The number of rotatable bonds is 5. The molecule has 1 atom stereocenters. The fraction of sp³-hybridized carbons (Fsp3) is 0.778. The van der Waals surface area contributed by atoms with Crippen molar-refractivity contribution in [1.82, 2.24) is 24.3 Å². The molecular weight excluding hydrogens is 402 g/mol. The Hall–Kier alpha value is -1.16. The summed E-state index contributed by atoms with van der Waals surface area (Å²) in [6.07, 6.45) is 1.61. The molecule has 0 aromatic carbocycles. The van der Waals surface area contributed by atoms with Crippen LogP contribution in [0.4, 0.5) is 0 Å². The lowest BCUT2D eigenvalue weighted by atomic mass is 10.1. The van der Waals surface area contributed by atoms with E-state index in [9.17, 15) is 13.2 Å². The van der Waals surface area contributed by atoms with E-state index < -0.39 is 10.0 Å². The zero-order valence-electron chi connectivity index (χ0n) is 17.1. The molecular formula is C18H32ClN5O3S. The molecule has 160 valence electrons. The molecule has 0 saturated carbocycles. The van der Waals surface area contributed by atoms with E-state index in [-0.39, 0.29) is 24.4 Å². The van der Waals surface area contributed by atoms with Crippen LogP contribution in [0, 0.1) is 19.8 Å². The van der Waals surface area contributed by atoms with E-state index in [0.717, 1.165) is 19.4 Å². The lowest BCUT2D eigenvalue weighted by molar-refractivity contribution is -0.135. The van der Waals surface area contributed by atoms with E-state index in [1.54, 1.807) is 15.9 Å². The molecule has 0 radical (unpaired) electrons. The van der Waals surface area contributed by atoms with Crippen molar-refractivity contribution in [2.45, 2.75) is 58.0 Å². The number of piperidine rings is 1. The molecule has 2 aliphatic heterocycles. The standard InChI is InChI=1S/C18H31N5O3S.ClH/c1-13(2)11-23-15(4)18(14(3)20-23)27(25,26)21-8-5-6-16(12-21)22-9-7-19-10-17(22)24;/h13,16,19H,5-12H2,1-4H3;1H. The summed E-state index contributed by atoms with van der Waals surface area (Å²) in [5.74, 6) is 0.444. The third-order valence-corrected chi connectivity index (χ3v) is 7.50. The summed E-state index contributed by atoms with van der Waals surface area (Å²) in [6, 6.07) is -0.0468. The number of nitrogens with one attached hydrogen (secondary N) is 1. The van der Waals surface area contributed by atoms with Crippen molar-refractivity contribution in [3.05, 3.63) is 11.4 Å². The first-order valence-electron chi connectivity index (χ1n) is 9.76. The van der Waals surface area contributed by atoms with Gasteiger partial charge in [-0.05, 0) is 32.6 Å². The zero-order valence-corrected chi connectivity index (χ0v) is 18.8. The Kier molecular flexibility index (Phi) is 7.52. The largest absolute Gasteiger partial charge is 0.336 e. The zero-order chi connectivity index (χ0) is 19.8. The predicted octanol–water partition coefficient (Wildman–Crippen LogP) is 1.16. The molecule has 1 aromatic heterocycles. The normalized spacial score (nSPS) is 21.8. The van der Waals surface area contributed by atoms with Crippen LogP contribution < -0.4 is 5.32 Å². The van der Waals surface area contributed by atoms with Gasteiger partial charge in [-0.25, -0.2) is 8.42 Å². The monoisotopic (exact) mass is 433 g/mol. The number of hydrogen-bond donors (Lipinski definition) is 1. The summed E-state index contributed by atoms with van der Waals surface area (Å²) >= 11 is 0. The van der Waals surface area contributed by atoms with Crippen LogP contribution in [0.3, 0.4) is 0 Å². The van der Waals surface area contributed by atoms with Crippen molar-refractivity contribution in [2.75, 3.05) is 32.7 Å². The number of carbonyl (C=O) groups is 1. The van der Waals surface area contributed by atoms with E-state index in [2.05, 4.69) is 24.3 Å². The maximum absolute atomic E-state index is 13.4.